The van der Waals surface area contributed by atoms with Crippen molar-refractivity contribution in [2.75, 3.05) is 19.8 Å². The van der Waals surface area contributed by atoms with Crippen LogP contribution in [-0.2, 0) is 10.1 Å². The summed E-state index contributed by atoms with van der Waals surface area (Å²) in [7, 11) is -1.75. The van der Waals surface area contributed by atoms with E-state index in [1.54, 1.807) is 0 Å². The first-order chi connectivity index (χ1) is 9.41. The molecule has 0 rings (SSSR count). The van der Waals surface area contributed by atoms with E-state index in [0.717, 1.165) is 0 Å². The van der Waals surface area contributed by atoms with Gasteiger partial charge in [-0.15, -0.1) is 0 Å². The Kier molecular flexibility index (Phi) is 18.7. The summed E-state index contributed by atoms with van der Waals surface area (Å²) in [5.41, 5.74) is 0. The van der Waals surface area contributed by atoms with E-state index in [9.17, 15) is 0 Å². The summed E-state index contributed by atoms with van der Waals surface area (Å²) in [6.45, 7) is 3.60. The van der Waals surface area contributed by atoms with Gasteiger partial charge in [0.2, 0.25) is 0 Å². The molecule has 0 aliphatic carbocycles. The molecule has 5 heteroatoms. The van der Waals surface area contributed by atoms with Crippen molar-refractivity contribution in [3.05, 3.63) is 0 Å². The highest BCUT2D eigenvalue weighted by molar-refractivity contribution is 7.84. The van der Waals surface area contributed by atoms with E-state index in [0.29, 0.717) is 6.26 Å². The first kappa shape index (κ1) is 22.2. The maximum Gasteiger partial charge on any atom is 0.0916 e. The van der Waals surface area contributed by atoms with Crippen LogP contribution in [0.4, 0.5) is 0 Å². The van der Waals surface area contributed by atoms with Crippen LogP contribution >= 0.6 is 0 Å². The molecule has 0 aromatic carbocycles. The third-order valence-electron chi connectivity index (χ3n) is 3.10. The van der Waals surface area contributed by atoms with Crippen molar-refractivity contribution < 1.29 is 18.3 Å². The Bertz CT molecular complexity index is 246. The van der Waals surface area contributed by atoms with Crippen LogP contribution in [-0.4, -0.2) is 32.8 Å². The Morgan fingerprint density at radius 3 is 1.40 bits per heavy atom. The van der Waals surface area contributed by atoms with Crippen LogP contribution in [0, 0.1) is 0 Å². The largest absolute Gasteiger partial charge is 0.748 e. The maximum absolute atomic E-state index is 9.08. The van der Waals surface area contributed by atoms with Crippen LogP contribution in [0.2, 0.25) is 0 Å². The van der Waals surface area contributed by atoms with Gasteiger partial charge in [-0.1, -0.05) is 64.7 Å². The number of rotatable bonds is 12. The molecule has 2 N–H and O–H groups in total. The van der Waals surface area contributed by atoms with Crippen molar-refractivity contribution in [3.63, 3.8) is 0 Å². The number of hydrogen-bond donors (Lipinski definition) is 1. The van der Waals surface area contributed by atoms with Crippen LogP contribution in [0.1, 0.15) is 77.6 Å². The zero-order valence-corrected chi connectivity index (χ0v) is 14.5. The molecule has 0 saturated carbocycles. The van der Waals surface area contributed by atoms with Crippen molar-refractivity contribution in [2.45, 2.75) is 77.6 Å². The highest BCUT2D eigenvalue weighted by Crippen LogP contribution is 2.10. The average Bonchev–Trinajstić information content (AvgIpc) is 2.34. The molecule has 0 spiro atoms. The van der Waals surface area contributed by atoms with Gasteiger partial charge in [0.05, 0.1) is 23.7 Å². The molecule has 0 radical (unpaired) electrons. The SMILES string of the molecule is CCCCCCCCCCCCC[NH2+]C.CS(=O)(=O)[O-]. The lowest BCUT2D eigenvalue weighted by molar-refractivity contribution is -0.627. The average molecular weight is 310 g/mol. The van der Waals surface area contributed by atoms with Gasteiger partial charge >= 0.3 is 0 Å². The van der Waals surface area contributed by atoms with Crippen LogP contribution in [0.3, 0.4) is 0 Å². The molecular weight excluding hydrogens is 274 g/mol. The van der Waals surface area contributed by atoms with Gasteiger partial charge in [-0.05, 0) is 12.8 Å². The topological polar surface area (TPSA) is 73.8 Å². The molecule has 20 heavy (non-hydrogen) atoms. The summed E-state index contributed by atoms with van der Waals surface area (Å²) >= 11 is 0. The normalized spacial score (nSPS) is 11.0. The molecule has 0 atom stereocenters. The Hall–Kier alpha value is -0.130. The molecule has 0 fully saturated rings. The lowest BCUT2D eigenvalue weighted by atomic mass is 10.1. The van der Waals surface area contributed by atoms with Gasteiger partial charge < -0.3 is 9.87 Å². The molecule has 0 aliphatic rings. The van der Waals surface area contributed by atoms with Gasteiger partial charge in [0.25, 0.3) is 0 Å². The lowest BCUT2D eigenvalue weighted by Crippen LogP contribution is -2.79. The molecule has 0 amide bonds. The summed E-state index contributed by atoms with van der Waals surface area (Å²) in [6.07, 6.45) is 16.6. The molecule has 0 bridgehead atoms. The van der Waals surface area contributed by atoms with Gasteiger partial charge in [0, 0.05) is 6.26 Å². The van der Waals surface area contributed by atoms with Crippen molar-refractivity contribution in [2.24, 2.45) is 0 Å². The number of hydrogen-bond acceptors (Lipinski definition) is 3. The monoisotopic (exact) mass is 309 g/mol. The molecule has 0 aliphatic heterocycles. The first-order valence-corrected chi connectivity index (χ1v) is 9.92. The third-order valence-corrected chi connectivity index (χ3v) is 3.10. The van der Waals surface area contributed by atoms with E-state index < -0.39 is 10.1 Å². The second-order valence-electron chi connectivity index (χ2n) is 5.44. The van der Waals surface area contributed by atoms with E-state index in [-0.39, 0.29) is 0 Å². The fraction of sp³-hybridized carbons (Fsp3) is 1.00. The van der Waals surface area contributed by atoms with E-state index in [1.165, 1.54) is 77.2 Å². The minimum atomic E-state index is -3.92. The predicted molar refractivity (Wildman–Crippen MR) is 84.8 cm³/mol. The minimum Gasteiger partial charge on any atom is -0.748 e. The highest BCUT2D eigenvalue weighted by atomic mass is 32.2. The van der Waals surface area contributed by atoms with Gasteiger partial charge in [-0.25, -0.2) is 8.42 Å². The van der Waals surface area contributed by atoms with Crippen molar-refractivity contribution in [1.29, 1.82) is 0 Å². The maximum atomic E-state index is 9.08. The van der Waals surface area contributed by atoms with E-state index >= 15 is 0 Å². The van der Waals surface area contributed by atoms with E-state index in [2.05, 4.69) is 19.3 Å². The smallest absolute Gasteiger partial charge is 0.0916 e. The number of quaternary nitrogens is 1. The van der Waals surface area contributed by atoms with Gasteiger partial charge in [0.15, 0.2) is 0 Å². The van der Waals surface area contributed by atoms with Gasteiger partial charge in [0.1, 0.15) is 0 Å². The molecule has 0 saturated heterocycles. The minimum absolute atomic E-state index is 0.604. The quantitative estimate of drug-likeness (QED) is 0.445. The van der Waals surface area contributed by atoms with Crippen molar-refractivity contribution >= 4 is 10.1 Å². The Balaban J connectivity index is 0. The first-order valence-electron chi connectivity index (χ1n) is 8.10. The summed E-state index contributed by atoms with van der Waals surface area (Å²) < 4.78 is 27.2. The van der Waals surface area contributed by atoms with Gasteiger partial charge in [-0.3, -0.25) is 0 Å². The standard InChI is InChI=1S/C14H31N.CH4O3S/c1-3-4-5-6-7-8-9-10-11-12-13-14-15-2;1-5(2,3)4/h15H,3-14H2,1-2H3;1H3,(H,2,3,4). The molecule has 0 heterocycles. The second kappa shape index (κ2) is 16.9. The van der Waals surface area contributed by atoms with E-state index in [1.807, 2.05) is 0 Å². The van der Waals surface area contributed by atoms with Crippen LogP contribution < -0.4 is 5.32 Å². The Morgan fingerprint density at radius 2 is 1.10 bits per heavy atom. The molecule has 0 aromatic rings. The number of unbranched alkanes of at least 4 members (excludes halogenated alkanes) is 10. The number of nitrogens with two attached hydrogens (primary N) is 1. The lowest BCUT2D eigenvalue weighted by Gasteiger charge is -2.01. The molecule has 124 valence electrons. The molecule has 0 aromatic heterocycles. The fourth-order valence-electron chi connectivity index (χ4n) is 2.01. The zero-order chi connectivity index (χ0) is 15.7. The van der Waals surface area contributed by atoms with Crippen molar-refractivity contribution in [1.82, 2.24) is 0 Å². The zero-order valence-electron chi connectivity index (χ0n) is 13.7. The highest BCUT2D eigenvalue weighted by Gasteiger charge is 1.92. The molecule has 4 nitrogen and oxygen atoms in total. The van der Waals surface area contributed by atoms with E-state index in [4.69, 9.17) is 13.0 Å². The molecular formula is C15H35NO3S. The third kappa shape index (κ3) is 36.1. The summed E-state index contributed by atoms with van der Waals surface area (Å²) in [6, 6.07) is 0. The van der Waals surface area contributed by atoms with Gasteiger partial charge in [-0.2, -0.15) is 0 Å². The summed E-state index contributed by atoms with van der Waals surface area (Å²) in [5, 5.41) is 2.29. The van der Waals surface area contributed by atoms with Crippen molar-refractivity contribution in [3.8, 4) is 0 Å². The van der Waals surface area contributed by atoms with Crippen LogP contribution in [0.25, 0.3) is 0 Å². The Morgan fingerprint density at radius 1 is 0.800 bits per heavy atom. The molecule has 0 unspecified atom stereocenters. The summed E-state index contributed by atoms with van der Waals surface area (Å²) in [5.74, 6) is 0. The summed E-state index contributed by atoms with van der Waals surface area (Å²) in [4.78, 5) is 0. The van der Waals surface area contributed by atoms with Crippen LogP contribution in [0.5, 0.6) is 0 Å². The second-order valence-corrected chi connectivity index (χ2v) is 6.84. The van der Waals surface area contributed by atoms with Crippen LogP contribution in [0.15, 0.2) is 0 Å². The fourth-order valence-corrected chi connectivity index (χ4v) is 2.01. The Labute approximate surface area is 126 Å². The predicted octanol–water partition coefficient (Wildman–Crippen LogP) is 2.65.